The molecule has 3 N–H and O–H groups in total. The molecule has 0 unspecified atom stereocenters. The zero-order valence-electron chi connectivity index (χ0n) is 17.4. The number of ether oxygens (including phenoxy) is 1. The molecule has 1 aliphatic rings. The molecule has 0 aliphatic carbocycles. The summed E-state index contributed by atoms with van der Waals surface area (Å²) in [6, 6.07) is 10.0. The Morgan fingerprint density at radius 1 is 1.30 bits per heavy atom. The van der Waals surface area contributed by atoms with Gasteiger partial charge in [-0.2, -0.15) is 10.4 Å². The van der Waals surface area contributed by atoms with E-state index in [4.69, 9.17) is 10.5 Å². The highest BCUT2D eigenvalue weighted by Gasteiger charge is 2.22. The number of nitrogens with two attached hydrogens (primary N) is 1. The lowest BCUT2D eigenvalue weighted by Crippen LogP contribution is -2.44. The topological polar surface area (TPSA) is 113 Å². The average Bonchev–Trinajstić information content (AvgIpc) is 2.76. The predicted molar refractivity (Wildman–Crippen MR) is 116 cm³/mol. The first-order valence-corrected chi connectivity index (χ1v) is 9.98. The summed E-state index contributed by atoms with van der Waals surface area (Å²) in [5.74, 6) is 1.47. The number of anilines is 2. The Labute approximate surface area is 175 Å². The van der Waals surface area contributed by atoms with Gasteiger partial charge in [0, 0.05) is 23.5 Å². The fraction of sp³-hybridized carbons (Fsp3) is 0.364. The van der Waals surface area contributed by atoms with E-state index in [9.17, 15) is 5.26 Å². The van der Waals surface area contributed by atoms with Crippen LogP contribution in [-0.4, -0.2) is 41.0 Å². The Bertz CT molecular complexity index is 1120. The van der Waals surface area contributed by atoms with Crippen molar-refractivity contribution in [2.45, 2.75) is 33.0 Å². The van der Waals surface area contributed by atoms with E-state index in [1.807, 2.05) is 38.2 Å². The van der Waals surface area contributed by atoms with Gasteiger partial charge in [-0.05, 0) is 44.0 Å². The molecular weight excluding hydrogens is 378 g/mol. The number of aryl methyl sites for hydroxylation is 1. The molecule has 30 heavy (non-hydrogen) atoms. The van der Waals surface area contributed by atoms with Gasteiger partial charge in [-0.15, -0.1) is 5.10 Å². The van der Waals surface area contributed by atoms with Gasteiger partial charge in [0.05, 0.1) is 36.6 Å². The first-order valence-electron chi connectivity index (χ1n) is 9.98. The van der Waals surface area contributed by atoms with Crippen molar-refractivity contribution in [1.82, 2.24) is 15.2 Å². The summed E-state index contributed by atoms with van der Waals surface area (Å²) in [5.41, 5.74) is 9.57. The summed E-state index contributed by atoms with van der Waals surface area (Å²) in [6.07, 6.45) is 1.31. The van der Waals surface area contributed by atoms with Gasteiger partial charge in [0.2, 0.25) is 0 Å². The van der Waals surface area contributed by atoms with Crippen LogP contribution in [0.4, 0.5) is 11.6 Å². The lowest BCUT2D eigenvalue weighted by molar-refractivity contribution is 0.0985. The first-order chi connectivity index (χ1) is 14.5. The molecule has 1 aromatic carbocycles. The van der Waals surface area contributed by atoms with Crippen molar-refractivity contribution in [3.8, 4) is 6.07 Å². The maximum Gasteiger partial charge on any atom is 0.158 e. The quantitative estimate of drug-likeness (QED) is 0.640. The van der Waals surface area contributed by atoms with E-state index >= 15 is 0 Å². The molecule has 0 spiro atoms. The molecule has 3 heterocycles. The van der Waals surface area contributed by atoms with Crippen LogP contribution in [0.25, 0.3) is 10.8 Å². The standard InChI is InChI=1S/C22H25N7O/c1-13-12-30-8-7-29(13)20-9-18-19(11-25-20)15(3)27-28-22(18)26-21(24)17-6-4-5-16(10-23)14(17)2/h4-6,9,11,13,21H,7-8,12,24H2,1-3H3,(H,26,28)/t13-,21+/m1/s1. The van der Waals surface area contributed by atoms with Gasteiger partial charge in [-0.3, -0.25) is 0 Å². The van der Waals surface area contributed by atoms with Crippen molar-refractivity contribution < 1.29 is 4.74 Å². The van der Waals surface area contributed by atoms with Crippen molar-refractivity contribution >= 4 is 22.4 Å². The number of benzene rings is 1. The molecule has 2 atom stereocenters. The van der Waals surface area contributed by atoms with E-state index < -0.39 is 6.17 Å². The maximum absolute atomic E-state index is 9.31. The van der Waals surface area contributed by atoms with Crippen LogP contribution in [-0.2, 0) is 4.74 Å². The van der Waals surface area contributed by atoms with Crippen LogP contribution in [0.1, 0.15) is 35.5 Å². The van der Waals surface area contributed by atoms with Crippen LogP contribution in [0.5, 0.6) is 0 Å². The number of nitrogens with zero attached hydrogens (tertiary/aromatic N) is 5. The van der Waals surface area contributed by atoms with Gasteiger partial charge in [0.15, 0.2) is 5.82 Å². The molecule has 1 fully saturated rings. The number of nitrogens with one attached hydrogen (secondary N) is 1. The van der Waals surface area contributed by atoms with E-state index in [1.165, 1.54) is 0 Å². The third kappa shape index (κ3) is 3.65. The van der Waals surface area contributed by atoms with E-state index in [-0.39, 0.29) is 6.04 Å². The third-order valence-corrected chi connectivity index (χ3v) is 5.62. The Morgan fingerprint density at radius 2 is 2.13 bits per heavy atom. The van der Waals surface area contributed by atoms with Crippen molar-refractivity contribution in [3.05, 3.63) is 52.8 Å². The van der Waals surface area contributed by atoms with E-state index in [0.717, 1.165) is 40.0 Å². The Balaban J connectivity index is 1.73. The lowest BCUT2D eigenvalue weighted by atomic mass is 10.0. The molecule has 1 saturated heterocycles. The minimum absolute atomic E-state index is 0.245. The van der Waals surface area contributed by atoms with Gasteiger partial charge >= 0.3 is 0 Å². The Hall–Kier alpha value is -3.28. The number of morpholine rings is 1. The van der Waals surface area contributed by atoms with Crippen molar-refractivity contribution in [3.63, 3.8) is 0 Å². The minimum atomic E-state index is -0.530. The van der Waals surface area contributed by atoms with Crippen LogP contribution in [0.3, 0.4) is 0 Å². The van der Waals surface area contributed by atoms with Crippen LogP contribution >= 0.6 is 0 Å². The number of pyridine rings is 1. The van der Waals surface area contributed by atoms with E-state index in [1.54, 1.807) is 6.07 Å². The van der Waals surface area contributed by atoms with Crippen LogP contribution in [0.15, 0.2) is 30.5 Å². The molecule has 8 nitrogen and oxygen atoms in total. The third-order valence-electron chi connectivity index (χ3n) is 5.62. The second-order valence-electron chi connectivity index (χ2n) is 7.59. The number of hydrogen-bond donors (Lipinski definition) is 2. The summed E-state index contributed by atoms with van der Waals surface area (Å²) in [6.45, 7) is 8.09. The molecular formula is C22H25N7O. The summed E-state index contributed by atoms with van der Waals surface area (Å²) in [4.78, 5) is 6.90. The van der Waals surface area contributed by atoms with Gasteiger partial charge in [-0.1, -0.05) is 12.1 Å². The molecule has 0 saturated carbocycles. The molecule has 3 aromatic rings. The highest BCUT2D eigenvalue weighted by molar-refractivity contribution is 5.94. The Kier molecular flexibility index (Phi) is 5.48. The molecule has 0 bridgehead atoms. The van der Waals surface area contributed by atoms with Gasteiger partial charge in [0.1, 0.15) is 12.0 Å². The van der Waals surface area contributed by atoms with Gasteiger partial charge in [0.25, 0.3) is 0 Å². The zero-order chi connectivity index (χ0) is 21.3. The normalized spacial score (nSPS) is 17.6. The van der Waals surface area contributed by atoms with E-state index in [0.29, 0.717) is 24.6 Å². The number of aromatic nitrogens is 3. The maximum atomic E-state index is 9.31. The number of hydrogen-bond acceptors (Lipinski definition) is 8. The second kappa shape index (κ2) is 8.22. The predicted octanol–water partition coefficient (Wildman–Crippen LogP) is 2.81. The molecule has 154 valence electrons. The highest BCUT2D eigenvalue weighted by Crippen LogP contribution is 2.29. The lowest BCUT2D eigenvalue weighted by Gasteiger charge is -2.34. The smallest absolute Gasteiger partial charge is 0.158 e. The SMILES string of the molecule is Cc1c(C#N)cccc1[C@@H](N)Nc1nnc(C)c2cnc(N3CCOC[C@H]3C)cc12. The molecule has 1 aliphatic heterocycles. The monoisotopic (exact) mass is 403 g/mol. The zero-order valence-corrected chi connectivity index (χ0v) is 17.4. The number of fused-ring (bicyclic) bond motifs is 1. The van der Waals surface area contributed by atoms with Crippen LogP contribution in [0.2, 0.25) is 0 Å². The van der Waals surface area contributed by atoms with Gasteiger partial charge < -0.3 is 20.7 Å². The molecule has 0 radical (unpaired) electrons. The highest BCUT2D eigenvalue weighted by atomic mass is 16.5. The fourth-order valence-corrected chi connectivity index (χ4v) is 3.83. The first kappa shape index (κ1) is 20.0. The summed E-state index contributed by atoms with van der Waals surface area (Å²) in [7, 11) is 0. The summed E-state index contributed by atoms with van der Waals surface area (Å²) < 4.78 is 5.55. The van der Waals surface area contributed by atoms with E-state index in [2.05, 4.69) is 38.4 Å². The molecule has 4 rings (SSSR count). The summed E-state index contributed by atoms with van der Waals surface area (Å²) >= 11 is 0. The number of rotatable bonds is 4. The Morgan fingerprint density at radius 3 is 2.90 bits per heavy atom. The second-order valence-corrected chi connectivity index (χ2v) is 7.59. The average molecular weight is 403 g/mol. The molecule has 0 amide bonds. The fourth-order valence-electron chi connectivity index (χ4n) is 3.83. The number of nitriles is 1. The summed E-state index contributed by atoms with van der Waals surface area (Å²) in [5, 5.41) is 23.1. The molecule has 8 heteroatoms. The minimum Gasteiger partial charge on any atom is -0.377 e. The van der Waals surface area contributed by atoms with Crippen LogP contribution in [0, 0.1) is 25.2 Å². The van der Waals surface area contributed by atoms with Gasteiger partial charge in [-0.25, -0.2) is 4.98 Å². The van der Waals surface area contributed by atoms with Crippen LogP contribution < -0.4 is 16.0 Å². The largest absolute Gasteiger partial charge is 0.377 e. The van der Waals surface area contributed by atoms with Crippen molar-refractivity contribution in [1.29, 1.82) is 5.26 Å². The van der Waals surface area contributed by atoms with Crippen molar-refractivity contribution in [2.75, 3.05) is 30.0 Å². The van der Waals surface area contributed by atoms with Crippen molar-refractivity contribution in [2.24, 2.45) is 5.73 Å². The molecule has 2 aromatic heterocycles.